The molecule has 0 aliphatic heterocycles. The molecule has 0 amide bonds. The highest BCUT2D eigenvalue weighted by Gasteiger charge is 2.19. The lowest BCUT2D eigenvalue weighted by Gasteiger charge is -2.11. The fraction of sp³-hybridized carbons (Fsp3) is 0. The first-order valence-electron chi connectivity index (χ1n) is 8.31. The summed E-state index contributed by atoms with van der Waals surface area (Å²) in [5.74, 6) is 0. The predicted molar refractivity (Wildman–Crippen MR) is 112 cm³/mol. The zero-order valence-electron chi connectivity index (χ0n) is 15.3. The highest BCUT2D eigenvalue weighted by Crippen LogP contribution is 2.21. The average Bonchev–Trinajstić information content (AvgIpc) is 2.68. The molecule has 3 aromatic rings. The molecule has 3 aromatic carbocycles. The lowest BCUT2D eigenvalue weighted by atomic mass is 10.3. The number of benzene rings is 3. The summed E-state index contributed by atoms with van der Waals surface area (Å²) in [5.41, 5.74) is 0.478. The Balaban J connectivity index is 1.82. The first-order valence-corrected chi connectivity index (χ1v) is 12.8. The Morgan fingerprint density at radius 2 is 1.03 bits per heavy atom. The largest absolute Gasteiger partial charge is 0.280 e. The molecule has 0 unspecified atom stereocenters. The summed E-state index contributed by atoms with van der Waals surface area (Å²) in [6.45, 7) is 0. The molecule has 3 rings (SSSR count). The summed E-state index contributed by atoms with van der Waals surface area (Å²) in [4.78, 5) is -0.721. The lowest BCUT2D eigenvalue weighted by molar-refractivity contribution is 0.596. The van der Waals surface area contributed by atoms with Crippen LogP contribution in [-0.2, 0) is 30.1 Å². The Morgan fingerprint density at radius 3 is 1.60 bits per heavy atom. The maximum atomic E-state index is 12.5. The normalized spacial score (nSPS) is 12.3. The first kappa shape index (κ1) is 21.8. The van der Waals surface area contributed by atoms with Crippen LogP contribution in [-0.4, -0.2) is 25.3 Å². The van der Waals surface area contributed by atoms with Crippen molar-refractivity contribution < 1.29 is 25.3 Å². The molecule has 4 N–H and O–H groups in total. The molecule has 0 heterocycles. The Morgan fingerprint density at radius 1 is 0.533 bits per heavy atom. The number of sulfonamides is 3. The van der Waals surface area contributed by atoms with Gasteiger partial charge in [0.2, 0.25) is 10.0 Å². The molecule has 0 saturated carbocycles. The van der Waals surface area contributed by atoms with E-state index in [4.69, 9.17) is 5.14 Å². The van der Waals surface area contributed by atoms with Gasteiger partial charge >= 0.3 is 0 Å². The number of rotatable bonds is 7. The van der Waals surface area contributed by atoms with Crippen LogP contribution >= 0.6 is 0 Å². The fourth-order valence-corrected chi connectivity index (χ4v) is 5.25. The number of hydrogen-bond acceptors (Lipinski definition) is 6. The number of primary sulfonamides is 1. The van der Waals surface area contributed by atoms with E-state index in [1.807, 2.05) is 0 Å². The molecule has 30 heavy (non-hydrogen) atoms. The van der Waals surface area contributed by atoms with Gasteiger partial charge in [-0.1, -0.05) is 24.3 Å². The Labute approximate surface area is 174 Å². The van der Waals surface area contributed by atoms with Crippen molar-refractivity contribution in [2.45, 2.75) is 14.7 Å². The first-order chi connectivity index (χ1) is 14.0. The Hall–Kier alpha value is -2.93. The molecule has 0 aliphatic rings. The van der Waals surface area contributed by atoms with Crippen LogP contribution in [0.25, 0.3) is 0 Å². The van der Waals surface area contributed by atoms with Crippen molar-refractivity contribution in [3.05, 3.63) is 78.9 Å². The fourth-order valence-electron chi connectivity index (χ4n) is 2.45. The molecule has 12 heteroatoms. The van der Waals surface area contributed by atoms with Crippen molar-refractivity contribution >= 4 is 41.4 Å². The van der Waals surface area contributed by atoms with Gasteiger partial charge in [-0.2, -0.15) is 0 Å². The minimum Gasteiger partial charge on any atom is -0.280 e. The zero-order valence-corrected chi connectivity index (χ0v) is 17.7. The van der Waals surface area contributed by atoms with Gasteiger partial charge in [-0.05, 0) is 54.6 Å². The summed E-state index contributed by atoms with van der Waals surface area (Å²) in [6.07, 6.45) is 0. The van der Waals surface area contributed by atoms with Crippen LogP contribution in [0, 0.1) is 0 Å². The summed E-state index contributed by atoms with van der Waals surface area (Å²) in [6, 6.07) is 17.9. The van der Waals surface area contributed by atoms with Crippen molar-refractivity contribution in [2.24, 2.45) is 5.14 Å². The summed E-state index contributed by atoms with van der Waals surface area (Å²) < 4.78 is 77.5. The highest BCUT2D eigenvalue weighted by atomic mass is 32.2. The van der Waals surface area contributed by atoms with Gasteiger partial charge in [-0.25, -0.2) is 30.4 Å². The number of para-hydroxylation sites is 1. The molecule has 0 spiro atoms. The van der Waals surface area contributed by atoms with Gasteiger partial charge in [-0.15, -0.1) is 0 Å². The zero-order chi connectivity index (χ0) is 22.0. The van der Waals surface area contributed by atoms with Crippen molar-refractivity contribution in [3.8, 4) is 0 Å². The standard InChI is InChI=1S/C18H17N3O6S3/c19-28(22,23)17-7-4-8-18(13-17)30(26,27)21-15-9-11-16(12-10-15)29(24,25)20-14-5-2-1-3-6-14/h1-13,20-21H,(H2,19,22,23). The van der Waals surface area contributed by atoms with Gasteiger partial charge in [0.25, 0.3) is 20.0 Å². The van der Waals surface area contributed by atoms with Crippen LogP contribution in [0.5, 0.6) is 0 Å². The van der Waals surface area contributed by atoms with Gasteiger partial charge < -0.3 is 0 Å². The molecule has 0 saturated heterocycles. The Bertz CT molecular complexity index is 1370. The molecular weight excluding hydrogens is 450 g/mol. The minimum absolute atomic E-state index is 0.0643. The third kappa shape index (κ3) is 5.16. The van der Waals surface area contributed by atoms with Gasteiger partial charge in [0, 0.05) is 11.4 Å². The summed E-state index contributed by atoms with van der Waals surface area (Å²) in [5, 5.41) is 5.03. The summed E-state index contributed by atoms with van der Waals surface area (Å²) >= 11 is 0. The minimum atomic E-state index is -4.13. The van der Waals surface area contributed by atoms with E-state index in [1.165, 1.54) is 42.5 Å². The summed E-state index contributed by atoms with van der Waals surface area (Å²) in [7, 11) is -12.1. The van der Waals surface area contributed by atoms with Crippen molar-refractivity contribution in [2.75, 3.05) is 9.44 Å². The number of nitrogens with one attached hydrogen (secondary N) is 2. The monoisotopic (exact) mass is 467 g/mol. The quantitative estimate of drug-likeness (QED) is 0.483. The van der Waals surface area contributed by atoms with E-state index >= 15 is 0 Å². The van der Waals surface area contributed by atoms with Crippen molar-refractivity contribution in [3.63, 3.8) is 0 Å². The van der Waals surface area contributed by atoms with Gasteiger partial charge in [0.1, 0.15) is 0 Å². The van der Waals surface area contributed by atoms with Crippen LogP contribution in [0.3, 0.4) is 0 Å². The van der Waals surface area contributed by atoms with E-state index in [9.17, 15) is 25.3 Å². The number of hydrogen-bond donors (Lipinski definition) is 3. The molecule has 158 valence electrons. The third-order valence-electron chi connectivity index (χ3n) is 3.89. The van der Waals surface area contributed by atoms with Gasteiger partial charge in [-0.3, -0.25) is 9.44 Å². The number of nitrogens with two attached hydrogens (primary N) is 1. The van der Waals surface area contributed by atoms with Crippen molar-refractivity contribution in [1.29, 1.82) is 0 Å². The SMILES string of the molecule is NS(=O)(=O)c1cccc(S(=O)(=O)Nc2ccc(S(=O)(=O)Nc3ccccc3)cc2)c1. The van der Waals surface area contributed by atoms with Crippen LogP contribution in [0.15, 0.2) is 93.5 Å². The van der Waals surface area contributed by atoms with E-state index in [-0.39, 0.29) is 20.4 Å². The van der Waals surface area contributed by atoms with Crippen LogP contribution in [0.1, 0.15) is 0 Å². The maximum absolute atomic E-state index is 12.5. The molecule has 0 bridgehead atoms. The smallest absolute Gasteiger partial charge is 0.261 e. The number of anilines is 2. The van der Waals surface area contributed by atoms with Gasteiger partial charge in [0.15, 0.2) is 0 Å². The van der Waals surface area contributed by atoms with E-state index < -0.39 is 30.1 Å². The van der Waals surface area contributed by atoms with E-state index in [0.29, 0.717) is 5.69 Å². The molecule has 9 nitrogen and oxygen atoms in total. The average molecular weight is 468 g/mol. The van der Waals surface area contributed by atoms with Crippen LogP contribution in [0.2, 0.25) is 0 Å². The van der Waals surface area contributed by atoms with Crippen molar-refractivity contribution in [1.82, 2.24) is 0 Å². The van der Waals surface area contributed by atoms with Gasteiger partial charge in [0.05, 0.1) is 14.7 Å². The molecule has 0 atom stereocenters. The predicted octanol–water partition coefficient (Wildman–Crippen LogP) is 1.94. The highest BCUT2D eigenvalue weighted by molar-refractivity contribution is 7.93. The molecule has 0 radical (unpaired) electrons. The van der Waals surface area contributed by atoms with E-state index in [1.54, 1.807) is 30.3 Å². The molecule has 0 aromatic heterocycles. The lowest BCUT2D eigenvalue weighted by Crippen LogP contribution is -2.16. The maximum Gasteiger partial charge on any atom is 0.261 e. The van der Waals surface area contributed by atoms with E-state index in [0.717, 1.165) is 6.07 Å². The molecule has 0 aliphatic carbocycles. The van der Waals surface area contributed by atoms with Crippen LogP contribution < -0.4 is 14.6 Å². The van der Waals surface area contributed by atoms with E-state index in [2.05, 4.69) is 9.44 Å². The molecular formula is C18H17N3O6S3. The van der Waals surface area contributed by atoms with Crippen LogP contribution in [0.4, 0.5) is 11.4 Å². The Kier molecular flexibility index (Phi) is 5.85. The topological polar surface area (TPSA) is 152 Å². The molecule has 0 fully saturated rings. The third-order valence-corrected chi connectivity index (χ3v) is 7.57. The second kappa shape index (κ2) is 8.07. The second-order valence-electron chi connectivity index (χ2n) is 6.12. The second-order valence-corrected chi connectivity index (χ2v) is 11.0.